The highest BCUT2D eigenvalue weighted by atomic mass is 16.5. The third-order valence-electron chi connectivity index (χ3n) is 3.87. The largest absolute Gasteiger partial charge is 0.619 e. The first kappa shape index (κ1) is 17.7. The third kappa shape index (κ3) is 5.22. The Bertz CT molecular complexity index is 596. The van der Waals surface area contributed by atoms with Crippen molar-refractivity contribution in [3.05, 3.63) is 35.3 Å². The standard InChI is InChI=1S/C16H21N3O5/c1-11(24-15(21)12-7-9-19(23)10-8-12)14(20)18-16(22)17-13-5-3-2-4-6-13/h7-11,13H,2-6H2,1H3,(H2,17,18,20,22)/t11-/m0/s1. The van der Waals surface area contributed by atoms with E-state index in [1.165, 1.54) is 19.1 Å². The molecule has 0 bridgehead atoms. The first-order valence-corrected chi connectivity index (χ1v) is 7.97. The maximum absolute atomic E-state index is 11.9. The van der Waals surface area contributed by atoms with Gasteiger partial charge < -0.3 is 15.3 Å². The number of amides is 3. The number of nitrogens with zero attached hydrogens (tertiary/aromatic N) is 1. The Morgan fingerprint density at radius 2 is 1.83 bits per heavy atom. The van der Waals surface area contributed by atoms with Crippen molar-refractivity contribution in [3.8, 4) is 0 Å². The fourth-order valence-electron chi connectivity index (χ4n) is 2.51. The molecule has 8 heteroatoms. The fourth-order valence-corrected chi connectivity index (χ4v) is 2.51. The molecule has 1 aromatic rings. The van der Waals surface area contributed by atoms with Crippen LogP contribution in [0.25, 0.3) is 0 Å². The monoisotopic (exact) mass is 335 g/mol. The van der Waals surface area contributed by atoms with Crippen LogP contribution in [0, 0.1) is 5.21 Å². The molecule has 2 rings (SSSR count). The molecule has 0 aliphatic heterocycles. The number of carbonyl (C=O) groups is 3. The minimum Gasteiger partial charge on any atom is -0.619 e. The van der Waals surface area contributed by atoms with Crippen LogP contribution >= 0.6 is 0 Å². The molecule has 1 aliphatic carbocycles. The molecule has 2 N–H and O–H groups in total. The molecule has 1 fully saturated rings. The lowest BCUT2D eigenvalue weighted by molar-refractivity contribution is -0.605. The minimum atomic E-state index is -1.13. The van der Waals surface area contributed by atoms with E-state index in [-0.39, 0.29) is 11.6 Å². The Morgan fingerprint density at radius 3 is 2.46 bits per heavy atom. The average Bonchev–Trinajstić information content (AvgIpc) is 2.56. The van der Waals surface area contributed by atoms with Gasteiger partial charge in [0.2, 0.25) is 0 Å². The zero-order chi connectivity index (χ0) is 17.5. The number of rotatable bonds is 4. The van der Waals surface area contributed by atoms with Gasteiger partial charge in [-0.15, -0.1) is 0 Å². The lowest BCUT2D eigenvalue weighted by Crippen LogP contribution is -2.48. The molecular formula is C16H21N3O5. The highest BCUT2D eigenvalue weighted by molar-refractivity contribution is 5.98. The number of carbonyl (C=O) groups excluding carboxylic acids is 3. The van der Waals surface area contributed by atoms with E-state index >= 15 is 0 Å². The topological polar surface area (TPSA) is 111 Å². The number of hydrogen-bond donors (Lipinski definition) is 2. The van der Waals surface area contributed by atoms with E-state index in [4.69, 9.17) is 4.74 Å². The molecule has 0 aromatic carbocycles. The predicted molar refractivity (Wildman–Crippen MR) is 83.8 cm³/mol. The van der Waals surface area contributed by atoms with Crippen molar-refractivity contribution < 1.29 is 23.9 Å². The predicted octanol–water partition coefficient (Wildman–Crippen LogP) is 1.02. The molecule has 1 atom stereocenters. The van der Waals surface area contributed by atoms with Crippen molar-refractivity contribution >= 4 is 17.9 Å². The molecule has 0 radical (unpaired) electrons. The van der Waals surface area contributed by atoms with Gasteiger partial charge in [-0.25, -0.2) is 9.59 Å². The van der Waals surface area contributed by atoms with Gasteiger partial charge in [0.15, 0.2) is 18.5 Å². The van der Waals surface area contributed by atoms with Crippen molar-refractivity contribution in [2.75, 3.05) is 0 Å². The Balaban J connectivity index is 1.79. The normalized spacial score (nSPS) is 16.0. The molecule has 24 heavy (non-hydrogen) atoms. The summed E-state index contributed by atoms with van der Waals surface area (Å²) in [6.45, 7) is 1.37. The summed E-state index contributed by atoms with van der Waals surface area (Å²) >= 11 is 0. The summed E-state index contributed by atoms with van der Waals surface area (Å²) in [4.78, 5) is 35.6. The first-order valence-electron chi connectivity index (χ1n) is 7.97. The Hall–Kier alpha value is -2.64. The number of pyridine rings is 1. The molecule has 1 saturated carbocycles. The van der Waals surface area contributed by atoms with Crippen LogP contribution in [-0.2, 0) is 9.53 Å². The number of aromatic nitrogens is 1. The van der Waals surface area contributed by atoms with Crippen LogP contribution in [0.15, 0.2) is 24.5 Å². The summed E-state index contributed by atoms with van der Waals surface area (Å²) < 4.78 is 5.52. The number of nitrogens with one attached hydrogen (secondary N) is 2. The molecule has 0 saturated heterocycles. The first-order chi connectivity index (χ1) is 11.5. The average molecular weight is 335 g/mol. The molecule has 1 aliphatic rings. The van der Waals surface area contributed by atoms with Gasteiger partial charge in [0.1, 0.15) is 0 Å². The third-order valence-corrected chi connectivity index (χ3v) is 3.87. The summed E-state index contributed by atoms with van der Waals surface area (Å²) in [5, 5.41) is 15.8. The van der Waals surface area contributed by atoms with Gasteiger partial charge in [-0.2, -0.15) is 4.73 Å². The van der Waals surface area contributed by atoms with Gasteiger partial charge in [0.25, 0.3) is 5.91 Å². The maximum Gasteiger partial charge on any atom is 0.339 e. The van der Waals surface area contributed by atoms with Crippen LogP contribution < -0.4 is 15.4 Å². The van der Waals surface area contributed by atoms with Gasteiger partial charge in [-0.3, -0.25) is 10.1 Å². The lowest BCUT2D eigenvalue weighted by Gasteiger charge is -2.23. The second-order valence-corrected chi connectivity index (χ2v) is 5.79. The van der Waals surface area contributed by atoms with Gasteiger partial charge >= 0.3 is 12.0 Å². The van der Waals surface area contributed by atoms with Gasteiger partial charge in [0.05, 0.1) is 5.56 Å². The highest BCUT2D eigenvalue weighted by Crippen LogP contribution is 2.17. The molecule has 3 amide bonds. The van der Waals surface area contributed by atoms with E-state index in [9.17, 15) is 19.6 Å². The zero-order valence-corrected chi connectivity index (χ0v) is 13.5. The van der Waals surface area contributed by atoms with E-state index < -0.39 is 24.0 Å². The van der Waals surface area contributed by atoms with Crippen LogP contribution in [-0.4, -0.2) is 30.1 Å². The number of esters is 1. The molecule has 0 unspecified atom stereocenters. The number of hydrogen-bond acceptors (Lipinski definition) is 5. The fraction of sp³-hybridized carbons (Fsp3) is 0.500. The van der Waals surface area contributed by atoms with E-state index in [0.717, 1.165) is 44.5 Å². The van der Waals surface area contributed by atoms with Crippen LogP contribution in [0.2, 0.25) is 0 Å². The summed E-state index contributed by atoms with van der Waals surface area (Å²) in [6.07, 6.45) is 6.27. The summed E-state index contributed by atoms with van der Waals surface area (Å²) in [5.41, 5.74) is 0.147. The van der Waals surface area contributed by atoms with Crippen molar-refractivity contribution in [1.29, 1.82) is 0 Å². The second-order valence-electron chi connectivity index (χ2n) is 5.79. The van der Waals surface area contributed by atoms with Crippen molar-refractivity contribution in [1.82, 2.24) is 10.6 Å². The quantitative estimate of drug-likeness (QED) is 0.485. The minimum absolute atomic E-state index is 0.0764. The summed E-state index contributed by atoms with van der Waals surface area (Å²) in [5.74, 6) is -1.45. The van der Waals surface area contributed by atoms with Gasteiger partial charge in [-0.1, -0.05) is 19.3 Å². The van der Waals surface area contributed by atoms with Gasteiger partial charge in [-0.05, 0) is 19.8 Å². The van der Waals surface area contributed by atoms with Crippen LogP contribution in [0.1, 0.15) is 49.4 Å². The Labute approximate surface area is 139 Å². The number of urea groups is 1. The molecule has 8 nitrogen and oxygen atoms in total. The number of ether oxygens (including phenoxy) is 1. The van der Waals surface area contributed by atoms with Crippen LogP contribution in [0.3, 0.4) is 0 Å². The molecule has 0 spiro atoms. The zero-order valence-electron chi connectivity index (χ0n) is 13.5. The van der Waals surface area contributed by atoms with Crippen molar-refractivity contribution in [2.45, 2.75) is 51.2 Å². The summed E-state index contributed by atoms with van der Waals surface area (Å²) in [6, 6.07) is 2.07. The van der Waals surface area contributed by atoms with Crippen LogP contribution in [0.4, 0.5) is 4.79 Å². The van der Waals surface area contributed by atoms with E-state index in [1.54, 1.807) is 0 Å². The highest BCUT2D eigenvalue weighted by Gasteiger charge is 2.22. The SMILES string of the molecule is C[C@H](OC(=O)c1cc[n+]([O-])cc1)C(=O)NC(=O)NC1CCCCC1. The van der Waals surface area contributed by atoms with Crippen molar-refractivity contribution in [2.24, 2.45) is 0 Å². The summed E-state index contributed by atoms with van der Waals surface area (Å²) in [7, 11) is 0. The van der Waals surface area contributed by atoms with Crippen molar-refractivity contribution in [3.63, 3.8) is 0 Å². The Kier molecular flexibility index (Phi) is 6.11. The Morgan fingerprint density at radius 1 is 1.21 bits per heavy atom. The molecule has 1 aromatic heterocycles. The lowest BCUT2D eigenvalue weighted by atomic mass is 9.96. The number of imide groups is 1. The molecule has 1 heterocycles. The second kappa shape index (κ2) is 8.28. The maximum atomic E-state index is 11.9. The van der Waals surface area contributed by atoms with E-state index in [0.29, 0.717) is 4.73 Å². The van der Waals surface area contributed by atoms with Crippen LogP contribution in [0.5, 0.6) is 0 Å². The smallest absolute Gasteiger partial charge is 0.339 e. The van der Waals surface area contributed by atoms with E-state index in [1.807, 2.05) is 0 Å². The van der Waals surface area contributed by atoms with E-state index in [2.05, 4.69) is 10.6 Å². The molecular weight excluding hydrogens is 314 g/mol. The van der Waals surface area contributed by atoms with Gasteiger partial charge in [0, 0.05) is 18.2 Å². The molecule has 130 valence electrons.